The van der Waals surface area contributed by atoms with E-state index in [2.05, 4.69) is 57.7 Å². The van der Waals surface area contributed by atoms with Crippen LogP contribution in [0.5, 0.6) is 0 Å². The summed E-state index contributed by atoms with van der Waals surface area (Å²) in [5.41, 5.74) is 0. The molecule has 2 nitrogen and oxygen atoms in total. The molecule has 1 heterocycles. The van der Waals surface area contributed by atoms with Gasteiger partial charge in [0.05, 0.1) is 6.20 Å². The van der Waals surface area contributed by atoms with Crippen LogP contribution >= 0.6 is 23.2 Å². The first-order valence-electron chi connectivity index (χ1n) is 7.64. The molecule has 0 aromatic heterocycles. The topological polar surface area (TPSA) is 24.4 Å². The molecule has 0 aromatic carbocycles. The minimum absolute atomic E-state index is 0. The number of hydrogen-bond donors (Lipinski definition) is 1. The molecule has 0 fully saturated rings. The average Bonchev–Trinajstić information content (AvgIpc) is 2.47. The number of aliphatic imine (C=N–C) groups is 1. The van der Waals surface area contributed by atoms with E-state index in [1.165, 1.54) is 44.7 Å². The van der Waals surface area contributed by atoms with Gasteiger partial charge >= 0.3 is 0 Å². The monoisotopic (exact) mass is 442 g/mol. The summed E-state index contributed by atoms with van der Waals surface area (Å²) < 4.78 is 0. The van der Waals surface area contributed by atoms with Crippen LogP contribution in [0.3, 0.4) is 0 Å². The minimum atomic E-state index is 0. The van der Waals surface area contributed by atoms with Crippen LogP contribution in [0.1, 0.15) is 80.1 Å². The molecule has 21 heavy (non-hydrogen) atoms. The Bertz CT molecular complexity index is 258. The first-order chi connectivity index (χ1) is 9.53. The van der Waals surface area contributed by atoms with Gasteiger partial charge in [-0.15, -0.1) is 0 Å². The summed E-state index contributed by atoms with van der Waals surface area (Å²) in [6.07, 6.45) is 9.34. The molecule has 124 valence electrons. The molecule has 0 bridgehead atoms. The van der Waals surface area contributed by atoms with E-state index >= 15 is 0 Å². The summed E-state index contributed by atoms with van der Waals surface area (Å²) in [5, 5.41) is 3.31. The molecule has 0 aliphatic carbocycles. The zero-order chi connectivity index (χ0) is 16.2. The summed E-state index contributed by atoms with van der Waals surface area (Å²) >= 11 is 10.8. The Morgan fingerprint density at radius 2 is 1.19 bits per heavy atom. The van der Waals surface area contributed by atoms with Gasteiger partial charge in [0.2, 0.25) is 0 Å². The maximum absolute atomic E-state index is 5.42. The van der Waals surface area contributed by atoms with Crippen molar-refractivity contribution in [2.75, 3.05) is 0 Å². The number of hydrogen-bond acceptors (Lipinski definition) is 2. The third-order valence-corrected chi connectivity index (χ3v) is 2.44. The first-order valence-corrected chi connectivity index (χ1v) is 8.40. The second-order valence-electron chi connectivity index (χ2n) is 4.16. The van der Waals surface area contributed by atoms with Crippen LogP contribution in [-0.4, -0.2) is 29.8 Å². The van der Waals surface area contributed by atoms with Gasteiger partial charge in [0.1, 0.15) is 5.16 Å². The van der Waals surface area contributed by atoms with Crippen LogP contribution in [0.25, 0.3) is 0 Å². The summed E-state index contributed by atoms with van der Waals surface area (Å²) in [7, 11) is 0. The maximum atomic E-state index is 5.42. The number of nitrogens with zero attached hydrogens (tertiary/aromatic N) is 1. The molecular formula is C16H32Cl2N2Sn. The number of nitrogens with one attached hydrogen (secondary N) is 1. The Labute approximate surface area is 159 Å². The minimum Gasteiger partial charge on any atom is -0.328 e. The van der Waals surface area contributed by atoms with Crippen molar-refractivity contribution in [3.05, 3.63) is 16.5 Å². The molecule has 1 aliphatic heterocycles. The van der Waals surface area contributed by atoms with Crippen molar-refractivity contribution in [2.45, 2.75) is 80.1 Å². The fourth-order valence-corrected chi connectivity index (χ4v) is 0.653. The second-order valence-corrected chi connectivity index (χ2v) is 4.94. The van der Waals surface area contributed by atoms with Gasteiger partial charge in [-0.1, -0.05) is 103 Å². The third-order valence-electron chi connectivity index (χ3n) is 2.07. The molecule has 5 heteroatoms. The maximum Gasteiger partial charge on any atom is 0.170 e. The van der Waals surface area contributed by atoms with Crippen molar-refractivity contribution in [3.63, 3.8) is 0 Å². The zero-order valence-corrected chi connectivity index (χ0v) is 18.9. The molecule has 1 aliphatic rings. The van der Waals surface area contributed by atoms with Gasteiger partial charge in [0.15, 0.2) is 5.16 Å². The Kier molecular flexibility index (Phi) is 39.9. The van der Waals surface area contributed by atoms with E-state index in [4.69, 9.17) is 23.2 Å². The Morgan fingerprint density at radius 1 is 0.857 bits per heavy atom. The number of halogens is 2. The SMILES string of the molecule is CCCC.CCCC.CCCC.ClC1=C=NC=C(Cl)N1.[Sn]. The number of unbranched alkanes of at least 4 members (excludes halogenated alkanes) is 3. The summed E-state index contributed by atoms with van der Waals surface area (Å²) in [6, 6.07) is 0. The third kappa shape index (κ3) is 38.5. The van der Waals surface area contributed by atoms with Crippen molar-refractivity contribution < 1.29 is 0 Å². The van der Waals surface area contributed by atoms with Crippen LogP contribution in [0.15, 0.2) is 21.5 Å². The molecule has 4 radical (unpaired) electrons. The fraction of sp³-hybridized carbons (Fsp3) is 0.750. The smallest absolute Gasteiger partial charge is 0.170 e. The van der Waals surface area contributed by atoms with Crippen molar-refractivity contribution in [1.82, 2.24) is 5.32 Å². The van der Waals surface area contributed by atoms with Gasteiger partial charge in [-0.05, 0) is 0 Å². The van der Waals surface area contributed by atoms with Crippen molar-refractivity contribution >= 4 is 53.0 Å². The van der Waals surface area contributed by atoms with Crippen LogP contribution in [0.4, 0.5) is 0 Å². The van der Waals surface area contributed by atoms with Gasteiger partial charge in [-0.2, -0.15) is 0 Å². The van der Waals surface area contributed by atoms with Gasteiger partial charge in [-0.25, -0.2) is 4.99 Å². The Balaban J connectivity index is -0.0000000973. The number of rotatable bonds is 3. The van der Waals surface area contributed by atoms with Gasteiger partial charge in [0.25, 0.3) is 0 Å². The first kappa shape index (κ1) is 29.4. The van der Waals surface area contributed by atoms with Crippen LogP contribution in [0.2, 0.25) is 0 Å². The molecule has 0 amide bonds. The standard InChI is InChI=1S/C4H2Cl2N2.3C4H10.Sn/c5-3-1-7-2-4(6)8-3;3*1-3-4-2;/h1,8H;3*3-4H2,1-2H3;. The van der Waals surface area contributed by atoms with E-state index < -0.39 is 0 Å². The molecule has 0 saturated carbocycles. The van der Waals surface area contributed by atoms with E-state index in [-0.39, 0.29) is 23.9 Å². The average molecular weight is 442 g/mol. The molecule has 0 spiro atoms. The molecule has 1 rings (SSSR count). The van der Waals surface area contributed by atoms with Crippen LogP contribution in [-0.2, 0) is 0 Å². The van der Waals surface area contributed by atoms with Crippen molar-refractivity contribution in [2.24, 2.45) is 4.99 Å². The molecule has 0 saturated heterocycles. The Hall–Kier alpha value is 0.369. The molecule has 0 unspecified atom stereocenters. The normalized spacial score (nSPS) is 10.7. The van der Waals surface area contributed by atoms with Crippen molar-refractivity contribution in [1.29, 1.82) is 0 Å². The molecular weight excluding hydrogens is 410 g/mol. The largest absolute Gasteiger partial charge is 0.328 e. The van der Waals surface area contributed by atoms with E-state index in [1.54, 1.807) is 0 Å². The predicted molar refractivity (Wildman–Crippen MR) is 101 cm³/mol. The van der Waals surface area contributed by atoms with E-state index in [9.17, 15) is 0 Å². The molecule has 1 N–H and O–H groups in total. The predicted octanol–water partition coefficient (Wildman–Crippen LogP) is 6.42. The van der Waals surface area contributed by atoms with Crippen LogP contribution < -0.4 is 5.32 Å². The molecule has 0 atom stereocenters. The summed E-state index contributed by atoms with van der Waals surface area (Å²) in [4.78, 5) is 3.56. The van der Waals surface area contributed by atoms with E-state index in [1.807, 2.05) is 0 Å². The molecule has 0 aromatic rings. The van der Waals surface area contributed by atoms with E-state index in [0.29, 0.717) is 10.3 Å². The quantitative estimate of drug-likeness (QED) is 0.396. The zero-order valence-electron chi connectivity index (χ0n) is 14.5. The van der Waals surface area contributed by atoms with Gasteiger partial charge < -0.3 is 5.32 Å². The van der Waals surface area contributed by atoms with Crippen LogP contribution in [0, 0.1) is 0 Å². The van der Waals surface area contributed by atoms with E-state index in [0.717, 1.165) is 0 Å². The van der Waals surface area contributed by atoms with Gasteiger partial charge in [0, 0.05) is 29.8 Å². The summed E-state index contributed by atoms with van der Waals surface area (Å²) in [6.45, 7) is 13.1. The Morgan fingerprint density at radius 3 is 1.33 bits per heavy atom. The van der Waals surface area contributed by atoms with Gasteiger partial charge in [-0.3, -0.25) is 0 Å². The second kappa shape index (κ2) is 28.5. The fourth-order valence-electron chi connectivity index (χ4n) is 0.311. The van der Waals surface area contributed by atoms with Crippen molar-refractivity contribution in [3.8, 4) is 0 Å². The summed E-state index contributed by atoms with van der Waals surface area (Å²) in [5.74, 6) is 2.45.